The summed E-state index contributed by atoms with van der Waals surface area (Å²) in [6.45, 7) is 0.195. The Morgan fingerprint density at radius 1 is 1.20 bits per heavy atom. The van der Waals surface area contributed by atoms with Crippen molar-refractivity contribution in [2.45, 2.75) is 12.7 Å². The van der Waals surface area contributed by atoms with Gasteiger partial charge in [-0.25, -0.2) is 25.8 Å². The van der Waals surface area contributed by atoms with Crippen LogP contribution in [0.2, 0.25) is 0 Å². The van der Waals surface area contributed by atoms with Crippen molar-refractivity contribution in [2.75, 3.05) is 10.7 Å². The van der Waals surface area contributed by atoms with E-state index in [9.17, 15) is 13.2 Å². The zero-order valence-corrected chi connectivity index (χ0v) is 10.0. The number of rotatable bonds is 4. The maximum absolute atomic E-state index is 12.6. The molecule has 106 valence electrons. The minimum Gasteiger partial charge on any atom is -0.364 e. The van der Waals surface area contributed by atoms with Gasteiger partial charge in [0.1, 0.15) is 18.0 Å². The molecular formula is C10H10F3N7. The van der Waals surface area contributed by atoms with Crippen molar-refractivity contribution in [3.05, 3.63) is 36.2 Å². The Balaban J connectivity index is 2.19. The second-order valence-corrected chi connectivity index (χ2v) is 3.66. The van der Waals surface area contributed by atoms with E-state index in [1.54, 1.807) is 6.07 Å². The molecule has 10 heteroatoms. The molecule has 0 fully saturated rings. The first kappa shape index (κ1) is 13.9. The highest BCUT2D eigenvalue weighted by Crippen LogP contribution is 2.28. The summed E-state index contributed by atoms with van der Waals surface area (Å²) in [6.07, 6.45) is -1.79. The number of nitrogens with one attached hydrogen (secondary N) is 2. The highest BCUT2D eigenvalue weighted by molar-refractivity contribution is 5.47. The predicted molar refractivity (Wildman–Crippen MR) is 64.2 cm³/mol. The zero-order chi connectivity index (χ0) is 14.6. The van der Waals surface area contributed by atoms with Crippen molar-refractivity contribution in [1.82, 2.24) is 19.9 Å². The number of alkyl halides is 3. The molecule has 4 N–H and O–H groups in total. The average Bonchev–Trinajstić information content (AvgIpc) is 2.45. The van der Waals surface area contributed by atoms with Crippen LogP contribution in [0.15, 0.2) is 24.7 Å². The van der Waals surface area contributed by atoms with E-state index in [2.05, 4.69) is 30.7 Å². The van der Waals surface area contributed by atoms with Crippen LogP contribution in [0.5, 0.6) is 0 Å². The van der Waals surface area contributed by atoms with Crippen LogP contribution >= 0.6 is 0 Å². The fourth-order valence-electron chi connectivity index (χ4n) is 1.34. The summed E-state index contributed by atoms with van der Waals surface area (Å²) in [5.41, 5.74) is 2.67. The van der Waals surface area contributed by atoms with Gasteiger partial charge in [-0.3, -0.25) is 0 Å². The highest BCUT2D eigenvalue weighted by atomic mass is 19.4. The van der Waals surface area contributed by atoms with E-state index in [0.29, 0.717) is 5.69 Å². The van der Waals surface area contributed by atoms with Gasteiger partial charge in [-0.15, -0.1) is 0 Å². The molecule has 0 aliphatic carbocycles. The van der Waals surface area contributed by atoms with Crippen LogP contribution in [0.4, 0.5) is 24.8 Å². The molecule has 0 saturated heterocycles. The van der Waals surface area contributed by atoms with Crippen molar-refractivity contribution in [3.8, 4) is 0 Å². The van der Waals surface area contributed by atoms with Crippen LogP contribution in [0.1, 0.15) is 11.5 Å². The normalized spacial score (nSPS) is 11.2. The van der Waals surface area contributed by atoms with Gasteiger partial charge in [-0.2, -0.15) is 13.2 Å². The molecule has 0 bridgehead atoms. The van der Waals surface area contributed by atoms with Gasteiger partial charge in [0.15, 0.2) is 0 Å². The molecule has 2 aromatic rings. The number of nitrogens with zero attached hydrogens (tertiary/aromatic N) is 4. The van der Waals surface area contributed by atoms with Gasteiger partial charge in [-0.05, 0) is 6.07 Å². The Hall–Kier alpha value is -2.49. The van der Waals surface area contributed by atoms with Gasteiger partial charge in [0.2, 0.25) is 5.82 Å². The van der Waals surface area contributed by atoms with Gasteiger partial charge < -0.3 is 10.7 Å². The Labute approximate surface area is 111 Å². The van der Waals surface area contributed by atoms with E-state index in [1.807, 2.05) is 0 Å². The number of aromatic nitrogens is 4. The molecule has 0 radical (unpaired) electrons. The molecule has 2 rings (SSSR count). The summed E-state index contributed by atoms with van der Waals surface area (Å²) >= 11 is 0. The van der Waals surface area contributed by atoms with E-state index in [4.69, 9.17) is 5.84 Å². The Morgan fingerprint density at radius 2 is 1.95 bits per heavy atom. The lowest BCUT2D eigenvalue weighted by atomic mass is 10.4. The summed E-state index contributed by atoms with van der Waals surface area (Å²) in [5, 5.41) is 2.71. The number of anilines is 2. The third kappa shape index (κ3) is 3.51. The van der Waals surface area contributed by atoms with Gasteiger partial charge in [0.25, 0.3) is 0 Å². The molecule has 0 atom stereocenters. The van der Waals surface area contributed by atoms with Crippen LogP contribution in [-0.4, -0.2) is 19.9 Å². The van der Waals surface area contributed by atoms with E-state index in [1.165, 1.54) is 18.6 Å². The molecule has 0 unspecified atom stereocenters. The lowest BCUT2D eigenvalue weighted by molar-refractivity contribution is -0.144. The maximum atomic E-state index is 12.6. The van der Waals surface area contributed by atoms with Crippen molar-refractivity contribution < 1.29 is 13.2 Å². The lowest BCUT2D eigenvalue weighted by Gasteiger charge is -2.11. The average molecular weight is 285 g/mol. The molecule has 2 aromatic heterocycles. The highest BCUT2D eigenvalue weighted by Gasteiger charge is 2.35. The molecule has 0 aromatic carbocycles. The first-order chi connectivity index (χ1) is 9.49. The van der Waals surface area contributed by atoms with E-state index < -0.39 is 12.0 Å². The van der Waals surface area contributed by atoms with Crippen LogP contribution in [0, 0.1) is 0 Å². The molecule has 7 nitrogen and oxygen atoms in total. The molecule has 2 heterocycles. The largest absolute Gasteiger partial charge is 0.451 e. The number of hydrogen-bond acceptors (Lipinski definition) is 7. The topological polar surface area (TPSA) is 102 Å². The lowest BCUT2D eigenvalue weighted by Crippen LogP contribution is -2.17. The minimum atomic E-state index is -4.65. The van der Waals surface area contributed by atoms with Gasteiger partial charge >= 0.3 is 6.18 Å². The molecule has 20 heavy (non-hydrogen) atoms. The van der Waals surface area contributed by atoms with Gasteiger partial charge in [0, 0.05) is 12.3 Å². The first-order valence-corrected chi connectivity index (χ1v) is 5.40. The number of hydrazine groups is 1. The number of halogens is 3. The first-order valence-electron chi connectivity index (χ1n) is 5.40. The quantitative estimate of drug-likeness (QED) is 0.572. The molecule has 0 spiro atoms. The molecule has 0 amide bonds. The van der Waals surface area contributed by atoms with E-state index in [-0.39, 0.29) is 18.2 Å². The summed E-state index contributed by atoms with van der Waals surface area (Å²) in [5.74, 6) is 3.65. The van der Waals surface area contributed by atoms with Crippen LogP contribution in [-0.2, 0) is 12.7 Å². The third-order valence-corrected chi connectivity index (χ3v) is 2.22. The molecule has 0 aliphatic heterocycles. The number of nitrogens with two attached hydrogens (primary N) is 1. The zero-order valence-electron chi connectivity index (χ0n) is 10.0. The van der Waals surface area contributed by atoms with Crippen LogP contribution in [0.3, 0.4) is 0 Å². The van der Waals surface area contributed by atoms with Crippen LogP contribution in [0.25, 0.3) is 0 Å². The van der Waals surface area contributed by atoms with Gasteiger partial charge in [-0.1, -0.05) is 0 Å². The minimum absolute atomic E-state index is 0.0149. The fraction of sp³-hybridized carbons (Fsp3) is 0.200. The number of hydrogen-bond donors (Lipinski definition) is 3. The molecule has 0 aliphatic rings. The van der Waals surface area contributed by atoms with Crippen molar-refractivity contribution in [3.63, 3.8) is 0 Å². The smallest absolute Gasteiger partial charge is 0.364 e. The Morgan fingerprint density at radius 3 is 2.55 bits per heavy atom. The Kier molecular flexibility index (Phi) is 3.94. The van der Waals surface area contributed by atoms with E-state index >= 15 is 0 Å². The monoisotopic (exact) mass is 285 g/mol. The standard InChI is InChI=1S/C10H10F3N7/c11-10(12,13)9-18-7(3-8(19-9)20-14)16-4-6-1-2-15-5-17-6/h1-3,5H,4,14H2,(H2,16,18,19,20). The summed E-state index contributed by atoms with van der Waals surface area (Å²) in [4.78, 5) is 14.3. The van der Waals surface area contributed by atoms with Crippen molar-refractivity contribution in [1.29, 1.82) is 0 Å². The summed E-state index contributed by atoms with van der Waals surface area (Å²) < 4.78 is 37.8. The second-order valence-electron chi connectivity index (χ2n) is 3.66. The van der Waals surface area contributed by atoms with Crippen molar-refractivity contribution >= 4 is 11.6 Å². The Bertz CT molecular complexity index is 573. The summed E-state index contributed by atoms with van der Waals surface area (Å²) in [7, 11) is 0. The fourth-order valence-corrected chi connectivity index (χ4v) is 1.34. The number of nitrogen functional groups attached to an aromatic ring is 1. The van der Waals surface area contributed by atoms with Crippen molar-refractivity contribution in [2.24, 2.45) is 5.84 Å². The van der Waals surface area contributed by atoms with Crippen LogP contribution < -0.4 is 16.6 Å². The molecule has 0 saturated carbocycles. The SMILES string of the molecule is NNc1cc(NCc2ccncn2)nc(C(F)(F)F)n1. The second kappa shape index (κ2) is 5.65. The summed E-state index contributed by atoms with van der Waals surface area (Å²) in [6, 6.07) is 2.89. The van der Waals surface area contributed by atoms with E-state index in [0.717, 1.165) is 0 Å². The van der Waals surface area contributed by atoms with Gasteiger partial charge in [0.05, 0.1) is 12.2 Å². The maximum Gasteiger partial charge on any atom is 0.451 e. The predicted octanol–water partition coefficient (Wildman–Crippen LogP) is 1.18. The molecular weight excluding hydrogens is 275 g/mol. The third-order valence-electron chi connectivity index (χ3n) is 2.22.